The molecule has 2 rings (SSSR count). The lowest BCUT2D eigenvalue weighted by Gasteiger charge is -2.10. The highest BCUT2D eigenvalue weighted by molar-refractivity contribution is 5.86. The van der Waals surface area contributed by atoms with Crippen molar-refractivity contribution in [3.63, 3.8) is 0 Å². The van der Waals surface area contributed by atoms with E-state index in [0.29, 0.717) is 17.1 Å². The number of pyridine rings is 1. The molecular formula is C13H10F3N3. The Morgan fingerprint density at radius 2 is 1.84 bits per heavy atom. The van der Waals surface area contributed by atoms with E-state index < -0.39 is 11.7 Å². The van der Waals surface area contributed by atoms with E-state index in [0.717, 1.165) is 18.5 Å². The molecule has 19 heavy (non-hydrogen) atoms. The van der Waals surface area contributed by atoms with E-state index in [1.807, 2.05) is 0 Å². The summed E-state index contributed by atoms with van der Waals surface area (Å²) >= 11 is 0. The molecule has 0 bridgehead atoms. The standard InChI is InChI=1S/C13H10F3N3/c14-13(15,16)10-5-6-12(18-8-10)19-11-4-2-1-3-9(11)7-17/h1-8,17H,(H,18,19). The molecule has 1 heterocycles. The molecule has 0 fully saturated rings. The molecule has 98 valence electrons. The molecule has 0 spiro atoms. The number of aromatic nitrogens is 1. The van der Waals surface area contributed by atoms with Gasteiger partial charge in [0.25, 0.3) is 0 Å². The minimum absolute atomic E-state index is 0.294. The number of rotatable bonds is 3. The van der Waals surface area contributed by atoms with Crippen molar-refractivity contribution in [3.8, 4) is 0 Å². The third-order valence-electron chi connectivity index (χ3n) is 2.47. The second-order valence-electron chi connectivity index (χ2n) is 3.79. The number of anilines is 2. The Morgan fingerprint density at radius 1 is 1.11 bits per heavy atom. The van der Waals surface area contributed by atoms with Crippen LogP contribution in [0.2, 0.25) is 0 Å². The van der Waals surface area contributed by atoms with Gasteiger partial charge in [-0.15, -0.1) is 0 Å². The summed E-state index contributed by atoms with van der Waals surface area (Å²) in [7, 11) is 0. The molecule has 3 nitrogen and oxygen atoms in total. The van der Waals surface area contributed by atoms with Crippen molar-refractivity contribution in [2.24, 2.45) is 0 Å². The number of hydrogen-bond donors (Lipinski definition) is 2. The van der Waals surface area contributed by atoms with Crippen molar-refractivity contribution in [2.75, 3.05) is 5.32 Å². The number of nitrogens with zero attached hydrogens (tertiary/aromatic N) is 1. The fraction of sp³-hybridized carbons (Fsp3) is 0.0769. The Morgan fingerprint density at radius 3 is 2.42 bits per heavy atom. The number of alkyl halides is 3. The molecule has 0 aliphatic heterocycles. The van der Waals surface area contributed by atoms with Crippen molar-refractivity contribution in [2.45, 2.75) is 6.18 Å². The van der Waals surface area contributed by atoms with Crippen LogP contribution in [0, 0.1) is 5.41 Å². The van der Waals surface area contributed by atoms with Crippen LogP contribution in [0.4, 0.5) is 24.7 Å². The summed E-state index contributed by atoms with van der Waals surface area (Å²) in [5.41, 5.74) is 0.451. The van der Waals surface area contributed by atoms with Crippen LogP contribution in [0.25, 0.3) is 0 Å². The molecule has 0 unspecified atom stereocenters. The summed E-state index contributed by atoms with van der Waals surface area (Å²) in [5, 5.41) is 10.1. The van der Waals surface area contributed by atoms with Gasteiger partial charge in [-0.3, -0.25) is 0 Å². The molecule has 0 amide bonds. The number of para-hydroxylation sites is 1. The third kappa shape index (κ3) is 3.09. The highest BCUT2D eigenvalue weighted by Crippen LogP contribution is 2.29. The smallest absolute Gasteiger partial charge is 0.340 e. The molecule has 6 heteroatoms. The lowest BCUT2D eigenvalue weighted by Crippen LogP contribution is -2.06. The number of nitrogens with one attached hydrogen (secondary N) is 2. The van der Waals surface area contributed by atoms with E-state index >= 15 is 0 Å². The average molecular weight is 265 g/mol. The van der Waals surface area contributed by atoms with E-state index in [1.165, 1.54) is 6.07 Å². The van der Waals surface area contributed by atoms with Gasteiger partial charge in [-0.05, 0) is 18.2 Å². The van der Waals surface area contributed by atoms with E-state index in [4.69, 9.17) is 5.41 Å². The van der Waals surface area contributed by atoms with E-state index in [2.05, 4.69) is 10.3 Å². The second kappa shape index (κ2) is 5.09. The Balaban J connectivity index is 2.22. The van der Waals surface area contributed by atoms with Crippen LogP contribution in [-0.4, -0.2) is 11.2 Å². The minimum atomic E-state index is -4.39. The summed E-state index contributed by atoms with van der Waals surface area (Å²) in [6.45, 7) is 0. The van der Waals surface area contributed by atoms with Crippen molar-refractivity contribution < 1.29 is 13.2 Å². The Labute approximate surface area is 107 Å². The van der Waals surface area contributed by atoms with Crippen LogP contribution in [0.3, 0.4) is 0 Å². The van der Waals surface area contributed by atoms with Crippen LogP contribution in [-0.2, 0) is 6.18 Å². The van der Waals surface area contributed by atoms with Gasteiger partial charge in [-0.25, -0.2) is 4.98 Å². The van der Waals surface area contributed by atoms with Crippen molar-refractivity contribution in [1.29, 1.82) is 5.41 Å². The van der Waals surface area contributed by atoms with Crippen molar-refractivity contribution in [1.82, 2.24) is 4.98 Å². The topological polar surface area (TPSA) is 48.8 Å². The summed E-state index contributed by atoms with van der Waals surface area (Å²) in [4.78, 5) is 3.71. The Bertz CT molecular complexity index is 576. The zero-order valence-electron chi connectivity index (χ0n) is 9.70. The zero-order valence-corrected chi connectivity index (χ0v) is 9.70. The second-order valence-corrected chi connectivity index (χ2v) is 3.79. The maximum absolute atomic E-state index is 12.4. The minimum Gasteiger partial charge on any atom is -0.340 e. The molecule has 1 aromatic carbocycles. The lowest BCUT2D eigenvalue weighted by atomic mass is 10.2. The first kappa shape index (κ1) is 13.1. The van der Waals surface area contributed by atoms with Crippen molar-refractivity contribution >= 4 is 17.7 Å². The summed E-state index contributed by atoms with van der Waals surface area (Å²) in [6.07, 6.45) is -2.46. The first-order valence-corrected chi connectivity index (χ1v) is 5.40. The normalized spacial score (nSPS) is 11.1. The quantitative estimate of drug-likeness (QED) is 0.828. The first-order chi connectivity index (χ1) is 9.00. The maximum atomic E-state index is 12.4. The molecule has 0 radical (unpaired) electrons. The van der Waals surface area contributed by atoms with E-state index in [1.54, 1.807) is 24.3 Å². The van der Waals surface area contributed by atoms with Gasteiger partial charge in [-0.1, -0.05) is 18.2 Å². The van der Waals surface area contributed by atoms with E-state index in [9.17, 15) is 13.2 Å². The predicted molar refractivity (Wildman–Crippen MR) is 66.8 cm³/mol. The highest BCUT2D eigenvalue weighted by atomic mass is 19.4. The van der Waals surface area contributed by atoms with Gasteiger partial charge < -0.3 is 10.7 Å². The maximum Gasteiger partial charge on any atom is 0.417 e. The van der Waals surface area contributed by atoms with Crippen LogP contribution in [0.15, 0.2) is 42.6 Å². The Kier molecular flexibility index (Phi) is 3.50. The average Bonchev–Trinajstić information content (AvgIpc) is 2.39. The Hall–Kier alpha value is -2.37. The molecule has 0 atom stereocenters. The summed E-state index contributed by atoms with van der Waals surface area (Å²) in [6, 6.07) is 9.19. The molecule has 0 saturated heterocycles. The molecule has 0 aliphatic rings. The summed E-state index contributed by atoms with van der Waals surface area (Å²) < 4.78 is 37.1. The largest absolute Gasteiger partial charge is 0.417 e. The van der Waals surface area contributed by atoms with E-state index in [-0.39, 0.29) is 0 Å². The van der Waals surface area contributed by atoms with Gasteiger partial charge in [0.15, 0.2) is 0 Å². The molecular weight excluding hydrogens is 255 g/mol. The SMILES string of the molecule is N=Cc1ccccc1Nc1ccc(C(F)(F)F)cn1. The van der Waals surface area contributed by atoms with Crippen molar-refractivity contribution in [3.05, 3.63) is 53.7 Å². The fourth-order valence-electron chi connectivity index (χ4n) is 1.51. The fourth-order valence-corrected chi connectivity index (χ4v) is 1.51. The third-order valence-corrected chi connectivity index (χ3v) is 2.47. The summed E-state index contributed by atoms with van der Waals surface area (Å²) in [5.74, 6) is 0.294. The molecule has 2 N–H and O–H groups in total. The monoisotopic (exact) mass is 265 g/mol. The van der Waals surface area contributed by atoms with Crippen LogP contribution >= 0.6 is 0 Å². The lowest BCUT2D eigenvalue weighted by molar-refractivity contribution is -0.137. The van der Waals surface area contributed by atoms with Gasteiger partial charge in [0.05, 0.1) is 5.56 Å². The molecule has 0 saturated carbocycles. The molecule has 1 aromatic heterocycles. The number of halogens is 3. The highest BCUT2D eigenvalue weighted by Gasteiger charge is 2.30. The van der Waals surface area contributed by atoms with Gasteiger partial charge in [-0.2, -0.15) is 13.2 Å². The van der Waals surface area contributed by atoms with Crippen LogP contribution in [0.5, 0.6) is 0 Å². The van der Waals surface area contributed by atoms with Gasteiger partial charge in [0, 0.05) is 23.7 Å². The van der Waals surface area contributed by atoms with Crippen LogP contribution in [0.1, 0.15) is 11.1 Å². The van der Waals surface area contributed by atoms with Gasteiger partial charge >= 0.3 is 6.18 Å². The zero-order chi connectivity index (χ0) is 13.9. The first-order valence-electron chi connectivity index (χ1n) is 5.40. The van der Waals surface area contributed by atoms with Gasteiger partial charge in [0.2, 0.25) is 0 Å². The van der Waals surface area contributed by atoms with Crippen LogP contribution < -0.4 is 5.32 Å². The van der Waals surface area contributed by atoms with Gasteiger partial charge in [0.1, 0.15) is 5.82 Å². The number of benzene rings is 1. The molecule has 0 aliphatic carbocycles. The molecule has 2 aromatic rings. The number of hydrogen-bond acceptors (Lipinski definition) is 3. The predicted octanol–water partition coefficient (Wildman–Crippen LogP) is 3.84.